The Morgan fingerprint density at radius 3 is 2.73 bits per heavy atom. The van der Waals surface area contributed by atoms with E-state index in [1.165, 1.54) is 6.20 Å². The Bertz CT molecular complexity index is 341. The highest BCUT2D eigenvalue weighted by Crippen LogP contribution is 2.08. The van der Waals surface area contributed by atoms with Gasteiger partial charge >= 0.3 is 0 Å². The first-order chi connectivity index (χ1) is 5.05. The van der Waals surface area contributed by atoms with Crippen molar-refractivity contribution in [1.82, 2.24) is 10.2 Å². The number of aromatic amines is 1. The van der Waals surface area contributed by atoms with Gasteiger partial charge < -0.3 is 5.11 Å². The maximum atomic E-state index is 10.7. The fraction of sp³-hybridized carbons (Fsp3) is 0.250. The van der Waals surface area contributed by atoms with Crippen LogP contribution in [0, 0.1) is 0 Å². The molecule has 0 bridgehead atoms. The number of nitrogens with one attached hydrogen (secondary N) is 1. The molecule has 0 aromatic carbocycles. The van der Waals surface area contributed by atoms with Crippen molar-refractivity contribution < 1.29 is 13.5 Å². The van der Waals surface area contributed by atoms with Crippen LogP contribution >= 0.6 is 0 Å². The Hall–Kier alpha value is -0.920. The summed E-state index contributed by atoms with van der Waals surface area (Å²) in [7, 11) is -3.78. The summed E-state index contributed by atoms with van der Waals surface area (Å²) in [6.07, 6.45) is 1.21. The molecule has 0 aliphatic rings. The molecule has 0 fully saturated rings. The van der Waals surface area contributed by atoms with Crippen molar-refractivity contribution in [3.63, 3.8) is 0 Å². The highest BCUT2D eigenvalue weighted by Gasteiger charge is 2.14. The van der Waals surface area contributed by atoms with Crippen LogP contribution in [-0.4, -0.2) is 23.7 Å². The van der Waals surface area contributed by atoms with Crippen molar-refractivity contribution in [2.24, 2.45) is 5.14 Å². The van der Waals surface area contributed by atoms with Gasteiger partial charge in [0.05, 0.1) is 12.8 Å². The minimum atomic E-state index is -3.78. The van der Waals surface area contributed by atoms with Crippen LogP contribution in [0.2, 0.25) is 0 Å². The van der Waals surface area contributed by atoms with Gasteiger partial charge in [-0.05, 0) is 0 Å². The monoisotopic (exact) mass is 177 g/mol. The molecule has 0 aliphatic carbocycles. The van der Waals surface area contributed by atoms with Gasteiger partial charge in [-0.25, -0.2) is 13.6 Å². The van der Waals surface area contributed by atoms with E-state index in [4.69, 9.17) is 10.2 Å². The first-order valence-corrected chi connectivity index (χ1v) is 4.26. The SMILES string of the molecule is NS(=O)(=O)c1[nH]ncc1CO. The zero-order chi connectivity index (χ0) is 8.48. The van der Waals surface area contributed by atoms with Gasteiger partial charge in [0.25, 0.3) is 10.0 Å². The van der Waals surface area contributed by atoms with Crippen LogP contribution in [0.5, 0.6) is 0 Å². The third kappa shape index (κ3) is 1.56. The van der Waals surface area contributed by atoms with Crippen LogP contribution in [0.25, 0.3) is 0 Å². The molecule has 1 rings (SSSR count). The second-order valence-electron chi connectivity index (χ2n) is 1.93. The lowest BCUT2D eigenvalue weighted by Gasteiger charge is -1.94. The Morgan fingerprint density at radius 2 is 2.36 bits per heavy atom. The molecule has 11 heavy (non-hydrogen) atoms. The lowest BCUT2D eigenvalue weighted by molar-refractivity contribution is 0.278. The van der Waals surface area contributed by atoms with Crippen molar-refractivity contribution in [2.45, 2.75) is 11.6 Å². The molecule has 1 aromatic rings. The van der Waals surface area contributed by atoms with Gasteiger partial charge in [-0.3, -0.25) is 5.10 Å². The summed E-state index contributed by atoms with van der Waals surface area (Å²) in [4.78, 5) is 0. The Morgan fingerprint density at radius 1 is 1.73 bits per heavy atom. The van der Waals surface area contributed by atoms with E-state index in [1.54, 1.807) is 0 Å². The molecule has 0 spiro atoms. The zero-order valence-electron chi connectivity index (χ0n) is 5.48. The van der Waals surface area contributed by atoms with E-state index in [0.717, 1.165) is 0 Å². The molecule has 0 atom stereocenters. The number of hydrogen-bond acceptors (Lipinski definition) is 4. The van der Waals surface area contributed by atoms with Crippen LogP contribution in [0.1, 0.15) is 5.56 Å². The van der Waals surface area contributed by atoms with Gasteiger partial charge in [-0.1, -0.05) is 0 Å². The summed E-state index contributed by atoms with van der Waals surface area (Å²) in [5, 5.41) is 18.7. The van der Waals surface area contributed by atoms with E-state index in [-0.39, 0.29) is 10.6 Å². The Balaban J connectivity index is 3.24. The second-order valence-corrected chi connectivity index (χ2v) is 3.43. The molecule has 7 heteroatoms. The number of primary sulfonamides is 1. The summed E-state index contributed by atoms with van der Waals surface area (Å²) in [5.41, 5.74) is 0.174. The topological polar surface area (TPSA) is 109 Å². The van der Waals surface area contributed by atoms with E-state index in [2.05, 4.69) is 10.2 Å². The highest BCUT2D eigenvalue weighted by molar-refractivity contribution is 7.89. The largest absolute Gasteiger partial charge is 0.392 e. The number of rotatable bonds is 2. The minimum absolute atomic E-state index is 0.174. The minimum Gasteiger partial charge on any atom is -0.392 e. The van der Waals surface area contributed by atoms with Crippen molar-refractivity contribution >= 4 is 10.0 Å². The lowest BCUT2D eigenvalue weighted by atomic mass is 10.4. The van der Waals surface area contributed by atoms with Crippen LogP contribution in [0.4, 0.5) is 0 Å². The van der Waals surface area contributed by atoms with Gasteiger partial charge in [0.1, 0.15) is 0 Å². The van der Waals surface area contributed by atoms with Gasteiger partial charge in [-0.2, -0.15) is 5.10 Å². The molecule has 62 valence electrons. The van der Waals surface area contributed by atoms with Crippen LogP contribution in [0.3, 0.4) is 0 Å². The van der Waals surface area contributed by atoms with E-state index >= 15 is 0 Å². The summed E-state index contributed by atoms with van der Waals surface area (Å²) < 4.78 is 21.3. The maximum absolute atomic E-state index is 10.7. The molecule has 0 unspecified atom stereocenters. The molecule has 4 N–H and O–H groups in total. The Kier molecular flexibility index (Phi) is 1.94. The number of sulfonamides is 1. The standard InChI is InChI=1S/C4H7N3O3S/c5-11(9,10)4-3(2-8)1-6-7-4/h1,8H,2H2,(H,6,7)(H2,5,9,10). The fourth-order valence-electron chi connectivity index (χ4n) is 0.658. The fourth-order valence-corrected chi connectivity index (χ4v) is 1.32. The third-order valence-electron chi connectivity index (χ3n) is 1.13. The molecule has 0 amide bonds. The smallest absolute Gasteiger partial charge is 0.255 e. The number of nitrogens with two attached hydrogens (primary N) is 1. The van der Waals surface area contributed by atoms with E-state index in [9.17, 15) is 8.42 Å². The number of aliphatic hydroxyl groups is 1. The third-order valence-corrected chi connectivity index (χ3v) is 2.06. The van der Waals surface area contributed by atoms with Crippen LogP contribution < -0.4 is 5.14 Å². The van der Waals surface area contributed by atoms with Gasteiger partial charge in [-0.15, -0.1) is 0 Å². The highest BCUT2D eigenvalue weighted by atomic mass is 32.2. The molecule has 1 aromatic heterocycles. The maximum Gasteiger partial charge on any atom is 0.255 e. The molecule has 0 saturated heterocycles. The number of aliphatic hydroxyl groups excluding tert-OH is 1. The van der Waals surface area contributed by atoms with Gasteiger partial charge in [0, 0.05) is 5.56 Å². The molecule has 1 heterocycles. The molecular formula is C4H7N3O3S. The van der Waals surface area contributed by atoms with Crippen molar-refractivity contribution in [3.05, 3.63) is 11.8 Å². The summed E-state index contributed by atoms with van der Waals surface area (Å²) >= 11 is 0. The predicted molar refractivity (Wildman–Crippen MR) is 35.9 cm³/mol. The predicted octanol–water partition coefficient (Wildman–Crippen LogP) is -1.45. The molecule has 0 aliphatic heterocycles. The lowest BCUT2D eigenvalue weighted by Crippen LogP contribution is -2.14. The summed E-state index contributed by atoms with van der Waals surface area (Å²) in [6, 6.07) is 0. The summed E-state index contributed by atoms with van der Waals surface area (Å²) in [5.74, 6) is 0. The summed E-state index contributed by atoms with van der Waals surface area (Å²) in [6.45, 7) is -0.401. The normalized spacial score (nSPS) is 11.8. The number of aromatic nitrogens is 2. The number of H-pyrrole nitrogens is 1. The first-order valence-electron chi connectivity index (χ1n) is 2.71. The quantitative estimate of drug-likeness (QED) is 0.513. The van der Waals surface area contributed by atoms with Crippen molar-refractivity contribution in [2.75, 3.05) is 0 Å². The van der Waals surface area contributed by atoms with E-state index in [0.29, 0.717) is 0 Å². The number of hydrogen-bond donors (Lipinski definition) is 3. The zero-order valence-corrected chi connectivity index (χ0v) is 6.30. The van der Waals surface area contributed by atoms with Crippen molar-refractivity contribution in [3.8, 4) is 0 Å². The van der Waals surface area contributed by atoms with Gasteiger partial charge in [0.2, 0.25) is 0 Å². The number of nitrogens with zero attached hydrogens (tertiary/aromatic N) is 1. The first kappa shape index (κ1) is 8.18. The van der Waals surface area contributed by atoms with Crippen LogP contribution in [0.15, 0.2) is 11.2 Å². The molecule has 0 saturated carbocycles. The van der Waals surface area contributed by atoms with E-state index < -0.39 is 16.6 Å². The average Bonchev–Trinajstić information content (AvgIpc) is 2.31. The van der Waals surface area contributed by atoms with E-state index in [1.807, 2.05) is 0 Å². The molecule has 0 radical (unpaired) electrons. The molecular weight excluding hydrogens is 170 g/mol. The van der Waals surface area contributed by atoms with Crippen molar-refractivity contribution in [1.29, 1.82) is 0 Å². The Labute approximate surface area is 63.1 Å². The van der Waals surface area contributed by atoms with Gasteiger partial charge in [0.15, 0.2) is 5.03 Å². The average molecular weight is 177 g/mol. The van der Waals surface area contributed by atoms with Crippen LogP contribution in [-0.2, 0) is 16.6 Å². The second kappa shape index (κ2) is 2.61. The molecule has 6 nitrogen and oxygen atoms in total.